The molecule has 0 aliphatic rings. The third-order valence-electron chi connectivity index (χ3n) is 2.93. The summed E-state index contributed by atoms with van der Waals surface area (Å²) in [5.74, 6) is -0.00425. The Hall–Kier alpha value is -1.18. The second kappa shape index (κ2) is 7.01. The highest BCUT2D eigenvalue weighted by atomic mass is 79.9. The van der Waals surface area contributed by atoms with Crippen LogP contribution in [-0.4, -0.2) is 35.7 Å². The summed E-state index contributed by atoms with van der Waals surface area (Å²) in [4.78, 5) is 14.8. The lowest BCUT2D eigenvalue weighted by Gasteiger charge is -2.06. The van der Waals surface area contributed by atoms with Gasteiger partial charge in [0.2, 0.25) is 5.91 Å². The molecule has 1 heterocycles. The van der Waals surface area contributed by atoms with Crippen LogP contribution < -0.4 is 5.32 Å². The summed E-state index contributed by atoms with van der Waals surface area (Å²) < 4.78 is 8.44. The minimum atomic E-state index is -0.00425. The van der Waals surface area contributed by atoms with E-state index in [1.54, 1.807) is 7.11 Å². The van der Waals surface area contributed by atoms with Crippen molar-refractivity contribution in [1.82, 2.24) is 14.9 Å². The van der Waals surface area contributed by atoms with E-state index >= 15 is 0 Å². The first-order valence-electron chi connectivity index (χ1n) is 6.25. The fourth-order valence-electron chi connectivity index (χ4n) is 1.95. The van der Waals surface area contributed by atoms with Gasteiger partial charge in [0, 0.05) is 31.1 Å². The summed E-state index contributed by atoms with van der Waals surface area (Å²) in [7, 11) is 1.61. The molecular weight excluding hydrogens is 342 g/mol. The van der Waals surface area contributed by atoms with E-state index in [1.165, 1.54) is 0 Å². The van der Waals surface area contributed by atoms with Gasteiger partial charge in [0.15, 0.2) is 4.77 Å². The zero-order valence-electron chi connectivity index (χ0n) is 11.1. The number of nitrogens with one attached hydrogen (secondary N) is 2. The number of ether oxygens (including phenoxy) is 1. The van der Waals surface area contributed by atoms with Gasteiger partial charge in [-0.1, -0.05) is 15.9 Å². The van der Waals surface area contributed by atoms with Crippen molar-refractivity contribution >= 4 is 45.1 Å². The van der Waals surface area contributed by atoms with Gasteiger partial charge >= 0.3 is 0 Å². The number of nitrogens with zero attached hydrogens (tertiary/aromatic N) is 1. The molecule has 20 heavy (non-hydrogen) atoms. The number of carbonyl (C=O) groups is 1. The molecule has 0 radical (unpaired) electrons. The first-order valence-corrected chi connectivity index (χ1v) is 7.45. The number of fused-ring (bicyclic) bond motifs is 1. The fourth-order valence-corrected chi connectivity index (χ4v) is 2.61. The van der Waals surface area contributed by atoms with Crippen LogP contribution >= 0.6 is 28.1 Å². The molecule has 2 rings (SSSR count). The summed E-state index contributed by atoms with van der Waals surface area (Å²) in [6, 6.07) is 5.91. The highest BCUT2D eigenvalue weighted by Crippen LogP contribution is 2.19. The summed E-state index contributed by atoms with van der Waals surface area (Å²) in [5.41, 5.74) is 1.96. The van der Waals surface area contributed by atoms with E-state index in [0.29, 0.717) is 30.9 Å². The van der Waals surface area contributed by atoms with E-state index in [2.05, 4.69) is 26.2 Å². The van der Waals surface area contributed by atoms with Crippen LogP contribution in [-0.2, 0) is 16.1 Å². The molecule has 0 saturated carbocycles. The van der Waals surface area contributed by atoms with Crippen molar-refractivity contribution in [3.05, 3.63) is 27.4 Å². The number of amides is 1. The van der Waals surface area contributed by atoms with Crippen LogP contribution in [0.2, 0.25) is 0 Å². The monoisotopic (exact) mass is 357 g/mol. The van der Waals surface area contributed by atoms with Crippen LogP contribution in [0.4, 0.5) is 0 Å². The number of aromatic amines is 1. The first kappa shape index (κ1) is 15.2. The molecule has 108 valence electrons. The molecular formula is C13H16BrN3O2S. The highest BCUT2D eigenvalue weighted by Gasteiger charge is 2.07. The number of aryl methyl sites for hydroxylation is 1. The van der Waals surface area contributed by atoms with Crippen LogP contribution in [0.5, 0.6) is 0 Å². The summed E-state index contributed by atoms with van der Waals surface area (Å²) >= 11 is 8.72. The fraction of sp³-hybridized carbons (Fsp3) is 0.385. The highest BCUT2D eigenvalue weighted by molar-refractivity contribution is 9.10. The largest absolute Gasteiger partial charge is 0.383 e. The maximum Gasteiger partial charge on any atom is 0.221 e. The van der Waals surface area contributed by atoms with Crippen LogP contribution in [0, 0.1) is 4.77 Å². The molecule has 0 bridgehead atoms. The van der Waals surface area contributed by atoms with Crippen molar-refractivity contribution in [2.45, 2.75) is 13.0 Å². The van der Waals surface area contributed by atoms with Crippen molar-refractivity contribution < 1.29 is 9.53 Å². The second-order valence-electron chi connectivity index (χ2n) is 4.34. The predicted molar refractivity (Wildman–Crippen MR) is 84.3 cm³/mol. The Balaban J connectivity index is 2.05. The molecule has 0 fully saturated rings. The number of imidazole rings is 1. The van der Waals surface area contributed by atoms with Gasteiger partial charge in [0.25, 0.3) is 0 Å². The van der Waals surface area contributed by atoms with E-state index in [4.69, 9.17) is 17.0 Å². The molecule has 2 N–H and O–H groups in total. The van der Waals surface area contributed by atoms with Crippen molar-refractivity contribution in [2.24, 2.45) is 0 Å². The lowest BCUT2D eigenvalue weighted by atomic mass is 10.3. The molecule has 0 aliphatic heterocycles. The summed E-state index contributed by atoms with van der Waals surface area (Å²) in [5, 5.41) is 2.79. The Labute approximate surface area is 130 Å². The maximum absolute atomic E-state index is 11.7. The zero-order valence-corrected chi connectivity index (χ0v) is 13.5. The number of benzene rings is 1. The Morgan fingerprint density at radius 2 is 2.35 bits per heavy atom. The normalized spacial score (nSPS) is 10.9. The minimum Gasteiger partial charge on any atom is -0.383 e. The SMILES string of the molecule is COCCNC(=O)CCn1c(=S)[nH]c2cc(Br)ccc21. The molecule has 0 saturated heterocycles. The molecule has 1 aromatic heterocycles. The van der Waals surface area contributed by atoms with Crippen LogP contribution in [0.3, 0.4) is 0 Å². The standard InChI is InChI=1S/C13H16BrN3O2S/c1-19-7-5-15-12(18)4-6-17-11-3-2-9(14)8-10(11)16-13(17)20/h2-3,8H,4-7H2,1H3,(H,15,18)(H,16,20). The minimum absolute atomic E-state index is 0.00425. The molecule has 0 aliphatic carbocycles. The maximum atomic E-state index is 11.7. The van der Waals surface area contributed by atoms with Crippen molar-refractivity contribution in [1.29, 1.82) is 0 Å². The van der Waals surface area contributed by atoms with Crippen molar-refractivity contribution in [3.8, 4) is 0 Å². The Morgan fingerprint density at radius 3 is 3.10 bits per heavy atom. The van der Waals surface area contributed by atoms with Gasteiger partial charge in [0.05, 0.1) is 17.6 Å². The number of aromatic nitrogens is 2. The van der Waals surface area contributed by atoms with Crippen LogP contribution in [0.1, 0.15) is 6.42 Å². The number of carbonyl (C=O) groups excluding carboxylic acids is 1. The van der Waals surface area contributed by atoms with Crippen LogP contribution in [0.15, 0.2) is 22.7 Å². The van der Waals surface area contributed by atoms with Gasteiger partial charge in [-0.3, -0.25) is 4.79 Å². The van der Waals surface area contributed by atoms with Crippen molar-refractivity contribution in [3.63, 3.8) is 0 Å². The topological polar surface area (TPSA) is 59.0 Å². The van der Waals surface area contributed by atoms with E-state index in [-0.39, 0.29) is 5.91 Å². The molecule has 0 atom stereocenters. The number of hydrogen-bond donors (Lipinski definition) is 2. The van der Waals surface area contributed by atoms with Crippen LogP contribution in [0.25, 0.3) is 11.0 Å². The molecule has 0 unspecified atom stereocenters. The third kappa shape index (κ3) is 3.68. The van der Waals surface area contributed by atoms with Gasteiger partial charge in [-0.15, -0.1) is 0 Å². The molecule has 5 nitrogen and oxygen atoms in total. The Bertz CT molecular complexity index is 665. The average molecular weight is 358 g/mol. The molecule has 7 heteroatoms. The van der Waals surface area contributed by atoms with Crippen molar-refractivity contribution in [2.75, 3.05) is 20.3 Å². The second-order valence-corrected chi connectivity index (χ2v) is 5.64. The lowest BCUT2D eigenvalue weighted by molar-refractivity contribution is -0.121. The summed E-state index contributed by atoms with van der Waals surface area (Å²) in [6.45, 7) is 1.60. The number of hydrogen-bond acceptors (Lipinski definition) is 3. The first-order chi connectivity index (χ1) is 9.61. The smallest absolute Gasteiger partial charge is 0.221 e. The average Bonchev–Trinajstić information content (AvgIpc) is 2.71. The quantitative estimate of drug-likeness (QED) is 0.617. The van der Waals surface area contributed by atoms with E-state index in [1.807, 2.05) is 22.8 Å². The van der Waals surface area contributed by atoms with E-state index < -0.39 is 0 Å². The summed E-state index contributed by atoms with van der Waals surface area (Å²) in [6.07, 6.45) is 0.390. The predicted octanol–water partition coefficient (Wildman–Crippen LogP) is 2.61. The Kier molecular flexibility index (Phi) is 5.33. The van der Waals surface area contributed by atoms with Gasteiger partial charge in [-0.25, -0.2) is 0 Å². The number of methoxy groups -OCH3 is 1. The number of rotatable bonds is 6. The number of halogens is 1. The lowest BCUT2D eigenvalue weighted by Crippen LogP contribution is -2.27. The Morgan fingerprint density at radius 1 is 1.55 bits per heavy atom. The van der Waals surface area contributed by atoms with Gasteiger partial charge < -0.3 is 19.6 Å². The van der Waals surface area contributed by atoms with Gasteiger partial charge in [-0.2, -0.15) is 0 Å². The molecule has 0 spiro atoms. The van der Waals surface area contributed by atoms with E-state index in [9.17, 15) is 4.79 Å². The molecule has 1 aromatic carbocycles. The molecule has 2 aromatic rings. The zero-order chi connectivity index (χ0) is 14.5. The molecule has 1 amide bonds. The third-order valence-corrected chi connectivity index (χ3v) is 3.74. The van der Waals surface area contributed by atoms with Gasteiger partial charge in [-0.05, 0) is 30.4 Å². The van der Waals surface area contributed by atoms with Gasteiger partial charge in [0.1, 0.15) is 0 Å². The number of H-pyrrole nitrogens is 1. The van der Waals surface area contributed by atoms with E-state index in [0.717, 1.165) is 15.5 Å².